The van der Waals surface area contributed by atoms with Gasteiger partial charge in [0.05, 0.1) is 28.8 Å². The molecule has 0 bridgehead atoms. The molecule has 0 aliphatic heterocycles. The third-order valence-electron chi connectivity index (χ3n) is 4.08. The zero-order valence-electron chi connectivity index (χ0n) is 14.5. The average molecular weight is 379 g/mol. The van der Waals surface area contributed by atoms with Crippen molar-refractivity contribution in [1.29, 1.82) is 5.26 Å². The summed E-state index contributed by atoms with van der Waals surface area (Å²) in [6, 6.07) is 17.8. The topological polar surface area (TPSA) is 84.8 Å². The molecule has 0 aliphatic carbocycles. The number of nitro benzene ring substituents is 1. The Morgan fingerprint density at radius 1 is 1.26 bits per heavy atom. The van der Waals surface area contributed by atoms with Crippen LogP contribution in [0.25, 0.3) is 11.6 Å². The quantitative estimate of drug-likeness (QED) is 0.360. The van der Waals surface area contributed by atoms with Crippen LogP contribution < -0.4 is 0 Å². The maximum atomic E-state index is 10.8. The van der Waals surface area contributed by atoms with E-state index in [0.717, 1.165) is 5.56 Å². The number of nitriles is 1. The van der Waals surface area contributed by atoms with E-state index < -0.39 is 4.92 Å². The van der Waals surface area contributed by atoms with Crippen molar-refractivity contribution in [3.8, 4) is 6.07 Å². The SMILES string of the molecule is Cc1nn(Cc2ccccc2)c(Cl)c1/C=C(\C#N)c1ccc([N+](=O)[O-])cc1. The van der Waals surface area contributed by atoms with Crippen LogP contribution in [0.2, 0.25) is 5.15 Å². The van der Waals surface area contributed by atoms with Crippen molar-refractivity contribution in [3.05, 3.63) is 92.2 Å². The standard InChI is InChI=1S/C20H15ClN4O2/c1-14-19(20(21)24(23-14)13-15-5-3-2-4-6-15)11-17(12-22)16-7-9-18(10-8-16)25(26)27/h2-11H,13H2,1H3/b17-11+. The summed E-state index contributed by atoms with van der Waals surface area (Å²) < 4.78 is 1.68. The highest BCUT2D eigenvalue weighted by atomic mass is 35.5. The zero-order chi connectivity index (χ0) is 19.4. The van der Waals surface area contributed by atoms with Gasteiger partial charge in [-0.05, 0) is 36.3 Å². The Morgan fingerprint density at radius 3 is 2.52 bits per heavy atom. The maximum absolute atomic E-state index is 10.8. The highest BCUT2D eigenvalue weighted by Crippen LogP contribution is 2.27. The van der Waals surface area contributed by atoms with Gasteiger partial charge in [0.2, 0.25) is 0 Å². The first-order valence-corrected chi connectivity index (χ1v) is 8.51. The summed E-state index contributed by atoms with van der Waals surface area (Å²) in [7, 11) is 0. The monoisotopic (exact) mass is 378 g/mol. The van der Waals surface area contributed by atoms with E-state index >= 15 is 0 Å². The summed E-state index contributed by atoms with van der Waals surface area (Å²) in [5, 5.41) is 25.2. The first-order chi connectivity index (χ1) is 13.0. The Bertz CT molecular complexity index is 1050. The summed E-state index contributed by atoms with van der Waals surface area (Å²) in [5.41, 5.74) is 3.32. The highest BCUT2D eigenvalue weighted by Gasteiger charge is 2.14. The number of nitro groups is 1. The number of hydrogen-bond donors (Lipinski definition) is 0. The lowest BCUT2D eigenvalue weighted by Gasteiger charge is -2.03. The van der Waals surface area contributed by atoms with Crippen molar-refractivity contribution >= 4 is 28.9 Å². The van der Waals surface area contributed by atoms with E-state index in [1.54, 1.807) is 22.9 Å². The van der Waals surface area contributed by atoms with Gasteiger partial charge in [-0.1, -0.05) is 41.9 Å². The molecule has 0 saturated carbocycles. The van der Waals surface area contributed by atoms with E-state index in [9.17, 15) is 15.4 Å². The van der Waals surface area contributed by atoms with Gasteiger partial charge >= 0.3 is 0 Å². The third kappa shape index (κ3) is 4.05. The van der Waals surface area contributed by atoms with E-state index in [2.05, 4.69) is 11.2 Å². The Kier molecular flexibility index (Phi) is 5.34. The van der Waals surface area contributed by atoms with Crippen LogP contribution in [-0.4, -0.2) is 14.7 Å². The molecule has 2 aromatic carbocycles. The number of halogens is 1. The van der Waals surface area contributed by atoms with E-state index in [1.807, 2.05) is 37.3 Å². The molecule has 3 rings (SSSR count). The van der Waals surface area contributed by atoms with Crippen molar-refractivity contribution < 1.29 is 4.92 Å². The maximum Gasteiger partial charge on any atom is 0.269 e. The summed E-state index contributed by atoms with van der Waals surface area (Å²) in [6.07, 6.45) is 1.66. The molecular formula is C20H15ClN4O2. The Labute approximate surface area is 161 Å². The molecule has 0 saturated heterocycles. The lowest BCUT2D eigenvalue weighted by atomic mass is 10.0. The predicted molar refractivity (Wildman–Crippen MR) is 104 cm³/mol. The molecule has 0 radical (unpaired) electrons. The second-order valence-electron chi connectivity index (χ2n) is 5.91. The predicted octanol–water partition coefficient (Wildman–Crippen LogP) is 4.87. The Hall–Kier alpha value is -3.43. The molecular weight excluding hydrogens is 364 g/mol. The molecule has 0 aliphatic rings. The second-order valence-corrected chi connectivity index (χ2v) is 6.26. The lowest BCUT2D eigenvalue weighted by Crippen LogP contribution is -2.01. The van der Waals surface area contributed by atoms with Gasteiger partial charge in [-0.3, -0.25) is 10.1 Å². The van der Waals surface area contributed by atoms with Crippen molar-refractivity contribution in [2.75, 3.05) is 0 Å². The molecule has 3 aromatic rings. The smallest absolute Gasteiger partial charge is 0.258 e. The van der Waals surface area contributed by atoms with Crippen molar-refractivity contribution in [3.63, 3.8) is 0 Å². The minimum absolute atomic E-state index is 0.0269. The number of non-ortho nitro benzene ring substituents is 1. The van der Waals surface area contributed by atoms with E-state index in [4.69, 9.17) is 11.6 Å². The number of hydrogen-bond acceptors (Lipinski definition) is 4. The molecule has 0 atom stereocenters. The molecule has 7 heteroatoms. The lowest BCUT2D eigenvalue weighted by molar-refractivity contribution is -0.384. The Balaban J connectivity index is 1.95. The van der Waals surface area contributed by atoms with Crippen LogP contribution in [0.1, 0.15) is 22.4 Å². The highest BCUT2D eigenvalue weighted by molar-refractivity contribution is 6.31. The molecule has 134 valence electrons. The van der Waals surface area contributed by atoms with Crippen LogP contribution in [0.4, 0.5) is 5.69 Å². The van der Waals surface area contributed by atoms with Crippen LogP contribution in [0.3, 0.4) is 0 Å². The minimum atomic E-state index is -0.478. The molecule has 1 heterocycles. The summed E-state index contributed by atoms with van der Waals surface area (Å²) in [5.74, 6) is 0. The summed E-state index contributed by atoms with van der Waals surface area (Å²) in [6.45, 7) is 2.35. The summed E-state index contributed by atoms with van der Waals surface area (Å²) in [4.78, 5) is 10.3. The largest absolute Gasteiger partial charge is 0.269 e. The molecule has 1 aromatic heterocycles. The van der Waals surface area contributed by atoms with Gasteiger partial charge in [0, 0.05) is 17.7 Å². The van der Waals surface area contributed by atoms with Crippen LogP contribution in [0.5, 0.6) is 0 Å². The molecule has 0 amide bonds. The van der Waals surface area contributed by atoms with Gasteiger partial charge < -0.3 is 0 Å². The molecule has 0 spiro atoms. The average Bonchev–Trinajstić information content (AvgIpc) is 2.94. The normalized spacial score (nSPS) is 11.2. The second kappa shape index (κ2) is 7.85. The van der Waals surface area contributed by atoms with Gasteiger partial charge in [-0.15, -0.1) is 0 Å². The molecule has 0 N–H and O–H groups in total. The number of aromatic nitrogens is 2. The number of benzene rings is 2. The molecule has 0 fully saturated rings. The first-order valence-electron chi connectivity index (χ1n) is 8.13. The van der Waals surface area contributed by atoms with Crippen LogP contribution in [0, 0.1) is 28.4 Å². The van der Waals surface area contributed by atoms with Gasteiger partial charge in [0.25, 0.3) is 5.69 Å². The first kappa shape index (κ1) is 18.4. The van der Waals surface area contributed by atoms with Crippen molar-refractivity contribution in [2.24, 2.45) is 0 Å². The van der Waals surface area contributed by atoms with Gasteiger partial charge in [0.1, 0.15) is 5.15 Å². The molecule has 6 nitrogen and oxygen atoms in total. The van der Waals surface area contributed by atoms with E-state index in [0.29, 0.717) is 34.1 Å². The molecule has 0 unspecified atom stereocenters. The fourth-order valence-corrected chi connectivity index (χ4v) is 2.97. The van der Waals surface area contributed by atoms with E-state index in [1.165, 1.54) is 12.1 Å². The van der Waals surface area contributed by atoms with Gasteiger partial charge in [-0.2, -0.15) is 10.4 Å². The molecule has 27 heavy (non-hydrogen) atoms. The van der Waals surface area contributed by atoms with Crippen molar-refractivity contribution in [1.82, 2.24) is 9.78 Å². The van der Waals surface area contributed by atoms with Crippen LogP contribution >= 0.6 is 11.6 Å². The van der Waals surface area contributed by atoms with Gasteiger partial charge in [0.15, 0.2) is 0 Å². The van der Waals surface area contributed by atoms with Crippen molar-refractivity contribution in [2.45, 2.75) is 13.5 Å². The zero-order valence-corrected chi connectivity index (χ0v) is 15.2. The summed E-state index contributed by atoms with van der Waals surface area (Å²) >= 11 is 6.49. The van der Waals surface area contributed by atoms with Gasteiger partial charge in [-0.25, -0.2) is 4.68 Å². The van der Waals surface area contributed by atoms with E-state index in [-0.39, 0.29) is 5.69 Å². The van der Waals surface area contributed by atoms with Crippen LogP contribution in [-0.2, 0) is 6.54 Å². The number of rotatable bonds is 5. The Morgan fingerprint density at radius 2 is 1.93 bits per heavy atom. The fourth-order valence-electron chi connectivity index (χ4n) is 2.68. The fraction of sp³-hybridized carbons (Fsp3) is 0.100. The third-order valence-corrected chi connectivity index (χ3v) is 4.48. The number of aryl methyl sites for hydroxylation is 1. The number of allylic oxidation sites excluding steroid dienone is 1. The minimum Gasteiger partial charge on any atom is -0.258 e. The number of nitrogens with zero attached hydrogens (tertiary/aromatic N) is 4. The van der Waals surface area contributed by atoms with Crippen LogP contribution in [0.15, 0.2) is 54.6 Å².